The van der Waals surface area contributed by atoms with E-state index in [4.69, 9.17) is 4.74 Å². The van der Waals surface area contributed by atoms with Crippen molar-refractivity contribution in [2.75, 3.05) is 18.0 Å². The smallest absolute Gasteiger partial charge is 0.414 e. The van der Waals surface area contributed by atoms with Gasteiger partial charge in [-0.1, -0.05) is 45.0 Å². The van der Waals surface area contributed by atoms with Crippen molar-refractivity contribution in [3.05, 3.63) is 53.8 Å². The van der Waals surface area contributed by atoms with Gasteiger partial charge in [0.1, 0.15) is 18.1 Å². The van der Waals surface area contributed by atoms with Crippen LogP contribution < -0.4 is 10.2 Å². The number of aliphatic hydroxyl groups is 1. The summed E-state index contributed by atoms with van der Waals surface area (Å²) in [7, 11) is 0. The molecule has 0 bridgehead atoms. The number of carbonyl (C=O) groups excluding carboxylic acids is 1. The molecule has 2 N–H and O–H groups in total. The highest BCUT2D eigenvalue weighted by Gasteiger charge is 2.32. The summed E-state index contributed by atoms with van der Waals surface area (Å²) in [6.45, 7) is 8.80. The Morgan fingerprint density at radius 3 is 2.52 bits per heavy atom. The van der Waals surface area contributed by atoms with Crippen LogP contribution in [-0.2, 0) is 11.2 Å². The molecule has 1 aliphatic rings. The second-order valence-corrected chi connectivity index (χ2v) is 8.80. The summed E-state index contributed by atoms with van der Waals surface area (Å²) in [6.07, 6.45) is -0.637. The summed E-state index contributed by atoms with van der Waals surface area (Å²) in [6, 6.07) is 12.7. The van der Waals surface area contributed by atoms with Crippen molar-refractivity contribution >= 4 is 11.8 Å². The molecule has 2 unspecified atom stereocenters. The first kappa shape index (κ1) is 21.3. The van der Waals surface area contributed by atoms with Crippen LogP contribution in [-0.4, -0.2) is 36.6 Å². The Labute approximate surface area is 171 Å². The van der Waals surface area contributed by atoms with Gasteiger partial charge in [-0.15, -0.1) is 0 Å². The van der Waals surface area contributed by atoms with E-state index in [9.17, 15) is 14.3 Å². The van der Waals surface area contributed by atoms with Crippen molar-refractivity contribution < 1.29 is 19.0 Å². The summed E-state index contributed by atoms with van der Waals surface area (Å²) in [5.74, 6) is -0.385. The second-order valence-electron chi connectivity index (χ2n) is 8.80. The largest absolute Gasteiger partial charge is 0.443 e. The molecule has 2 aromatic carbocycles. The van der Waals surface area contributed by atoms with Gasteiger partial charge in [0, 0.05) is 12.1 Å². The second kappa shape index (κ2) is 8.51. The molecule has 0 radical (unpaired) electrons. The molecule has 3 rings (SSSR count). The topological polar surface area (TPSA) is 61.8 Å². The van der Waals surface area contributed by atoms with Gasteiger partial charge in [0.25, 0.3) is 0 Å². The molecular weight excluding hydrogens is 371 g/mol. The van der Waals surface area contributed by atoms with Crippen molar-refractivity contribution in [2.24, 2.45) is 5.41 Å². The van der Waals surface area contributed by atoms with Crippen LogP contribution in [0.25, 0.3) is 11.1 Å². The minimum absolute atomic E-state index is 0.196. The van der Waals surface area contributed by atoms with E-state index < -0.39 is 18.4 Å². The molecule has 1 aliphatic heterocycles. The van der Waals surface area contributed by atoms with Crippen LogP contribution in [0, 0.1) is 11.2 Å². The van der Waals surface area contributed by atoms with E-state index in [-0.39, 0.29) is 11.2 Å². The van der Waals surface area contributed by atoms with Gasteiger partial charge in [0.15, 0.2) is 0 Å². The third kappa shape index (κ3) is 5.55. The van der Waals surface area contributed by atoms with Crippen LogP contribution >= 0.6 is 0 Å². The molecule has 29 heavy (non-hydrogen) atoms. The van der Waals surface area contributed by atoms with Gasteiger partial charge in [-0.2, -0.15) is 0 Å². The Hall–Kier alpha value is -2.44. The first-order valence-electron chi connectivity index (χ1n) is 9.91. The Bertz CT molecular complexity index is 859. The molecule has 2 atom stereocenters. The number of amides is 1. The zero-order chi connectivity index (χ0) is 21.2. The van der Waals surface area contributed by atoms with E-state index in [0.717, 1.165) is 12.0 Å². The van der Waals surface area contributed by atoms with Crippen molar-refractivity contribution in [3.8, 4) is 11.1 Å². The van der Waals surface area contributed by atoms with Gasteiger partial charge in [-0.05, 0) is 48.1 Å². The molecule has 0 spiro atoms. The number of ether oxygens (including phenoxy) is 1. The maximum atomic E-state index is 14.8. The zero-order valence-electron chi connectivity index (χ0n) is 17.4. The number of hydrogen-bond donors (Lipinski definition) is 2. The number of cyclic esters (lactones) is 1. The molecule has 0 saturated carbocycles. The zero-order valence-corrected chi connectivity index (χ0v) is 17.4. The molecule has 6 heteroatoms. The van der Waals surface area contributed by atoms with Crippen molar-refractivity contribution in [1.29, 1.82) is 0 Å². The Morgan fingerprint density at radius 2 is 1.93 bits per heavy atom. The lowest BCUT2D eigenvalue weighted by atomic mass is 9.87. The fourth-order valence-electron chi connectivity index (χ4n) is 3.46. The lowest BCUT2D eigenvalue weighted by Crippen LogP contribution is -2.35. The third-order valence-electron chi connectivity index (χ3n) is 4.78. The van der Waals surface area contributed by atoms with Crippen LogP contribution in [0.5, 0.6) is 0 Å². The summed E-state index contributed by atoms with van der Waals surface area (Å²) in [5.41, 5.74) is 3.17. The SMILES string of the molecule is CC(O)NCC1CN(c2ccc(-c3ccc(CC(C)(C)C)cc3)c(F)c2)C(=O)O1. The van der Waals surface area contributed by atoms with E-state index in [1.54, 1.807) is 19.1 Å². The highest BCUT2D eigenvalue weighted by atomic mass is 19.1. The lowest BCUT2D eigenvalue weighted by molar-refractivity contribution is 0.110. The summed E-state index contributed by atoms with van der Waals surface area (Å²) >= 11 is 0. The van der Waals surface area contributed by atoms with Crippen LogP contribution in [0.2, 0.25) is 0 Å². The van der Waals surface area contributed by atoms with Gasteiger partial charge in [0.05, 0.1) is 12.2 Å². The number of halogens is 1. The maximum Gasteiger partial charge on any atom is 0.414 e. The van der Waals surface area contributed by atoms with E-state index in [1.165, 1.54) is 16.5 Å². The summed E-state index contributed by atoms with van der Waals surface area (Å²) in [5, 5.41) is 12.1. The van der Waals surface area contributed by atoms with E-state index in [2.05, 4.69) is 26.1 Å². The van der Waals surface area contributed by atoms with Crippen LogP contribution in [0.3, 0.4) is 0 Å². The number of carbonyl (C=O) groups is 1. The number of nitrogens with one attached hydrogen (secondary N) is 1. The van der Waals surface area contributed by atoms with Crippen LogP contribution in [0.4, 0.5) is 14.9 Å². The Kier molecular flexibility index (Phi) is 6.24. The highest BCUT2D eigenvalue weighted by Crippen LogP contribution is 2.30. The molecule has 2 aromatic rings. The molecule has 5 nitrogen and oxygen atoms in total. The van der Waals surface area contributed by atoms with Gasteiger partial charge >= 0.3 is 6.09 Å². The number of anilines is 1. The molecule has 1 heterocycles. The molecule has 0 aliphatic carbocycles. The monoisotopic (exact) mass is 400 g/mol. The number of benzene rings is 2. The third-order valence-corrected chi connectivity index (χ3v) is 4.78. The van der Waals surface area contributed by atoms with Gasteiger partial charge < -0.3 is 9.84 Å². The van der Waals surface area contributed by atoms with Gasteiger partial charge in [-0.3, -0.25) is 10.2 Å². The van der Waals surface area contributed by atoms with Crippen LogP contribution in [0.1, 0.15) is 33.3 Å². The van der Waals surface area contributed by atoms with E-state index in [0.29, 0.717) is 24.3 Å². The van der Waals surface area contributed by atoms with Crippen LogP contribution in [0.15, 0.2) is 42.5 Å². The first-order valence-corrected chi connectivity index (χ1v) is 9.91. The minimum atomic E-state index is -0.686. The molecule has 1 fully saturated rings. The average Bonchev–Trinajstić information content (AvgIpc) is 3.00. The van der Waals surface area contributed by atoms with E-state index >= 15 is 0 Å². The quantitative estimate of drug-likeness (QED) is 0.709. The fourth-order valence-corrected chi connectivity index (χ4v) is 3.46. The number of nitrogens with zero attached hydrogens (tertiary/aromatic N) is 1. The average molecular weight is 400 g/mol. The predicted molar refractivity (Wildman–Crippen MR) is 112 cm³/mol. The molecular formula is C23H29FN2O3. The molecule has 156 valence electrons. The Morgan fingerprint density at radius 1 is 1.24 bits per heavy atom. The minimum Gasteiger partial charge on any atom is -0.443 e. The molecule has 0 aromatic heterocycles. The fraction of sp³-hybridized carbons (Fsp3) is 0.435. The van der Waals surface area contributed by atoms with Crippen molar-refractivity contribution in [3.63, 3.8) is 0 Å². The molecule has 1 amide bonds. The Balaban J connectivity index is 1.73. The summed E-state index contributed by atoms with van der Waals surface area (Å²) < 4.78 is 20.1. The number of rotatable bonds is 6. The standard InChI is InChI=1S/C23H29FN2O3/c1-15(27)25-13-19-14-26(22(28)29-19)18-9-10-20(21(24)11-18)17-7-5-16(6-8-17)12-23(2,3)4/h5-11,15,19,25,27H,12-14H2,1-4H3. The highest BCUT2D eigenvalue weighted by molar-refractivity contribution is 5.90. The van der Waals surface area contributed by atoms with E-state index in [1.807, 2.05) is 24.3 Å². The maximum absolute atomic E-state index is 14.8. The molecule has 1 saturated heterocycles. The number of aliphatic hydroxyl groups excluding tert-OH is 1. The normalized spacial score (nSPS) is 18.1. The number of hydrogen-bond acceptors (Lipinski definition) is 4. The van der Waals surface area contributed by atoms with Crippen molar-refractivity contribution in [2.45, 2.75) is 46.4 Å². The first-order chi connectivity index (χ1) is 13.6. The predicted octanol–water partition coefficient (Wildman–Crippen LogP) is 4.33. The lowest BCUT2D eigenvalue weighted by Gasteiger charge is -2.18. The van der Waals surface area contributed by atoms with Crippen molar-refractivity contribution in [1.82, 2.24) is 5.32 Å². The summed E-state index contributed by atoms with van der Waals surface area (Å²) in [4.78, 5) is 13.5. The van der Waals surface area contributed by atoms with Gasteiger partial charge in [-0.25, -0.2) is 9.18 Å². The van der Waals surface area contributed by atoms with Gasteiger partial charge in [0.2, 0.25) is 0 Å².